The van der Waals surface area contributed by atoms with Gasteiger partial charge in [0.2, 0.25) is 0 Å². The van der Waals surface area contributed by atoms with Crippen LogP contribution in [0, 0.1) is 0 Å². The molecule has 26 heavy (non-hydrogen) atoms. The number of aryl methyl sites for hydroxylation is 1. The van der Waals surface area contributed by atoms with Crippen LogP contribution >= 0.6 is 0 Å². The molecule has 2 aromatic rings. The molecule has 4 rings (SSSR count). The average molecular weight is 358 g/mol. The summed E-state index contributed by atoms with van der Waals surface area (Å²) < 4.78 is 48.7. The van der Waals surface area contributed by atoms with Crippen LogP contribution in [0.25, 0.3) is 5.76 Å². The van der Waals surface area contributed by atoms with Crippen molar-refractivity contribution in [3.8, 4) is 11.5 Å². The van der Waals surface area contributed by atoms with Gasteiger partial charge < -0.3 is 27.1 Å². The van der Waals surface area contributed by atoms with E-state index in [-0.39, 0.29) is 11.5 Å². The maximum atomic E-state index is 14.2. The number of hydrogen-bond donors (Lipinski definition) is 0. The standard InChI is InChI=1S/C19H17BF2O4/c1-23-14-6-3-12(4-7-14)18-17-9-5-13-11-15(24-2)8-10-16(13)19(17)26-20(21,22)25-18/h3-4,6-8,10-11H,5,9H2,1-2H3. The van der Waals surface area contributed by atoms with E-state index in [1.165, 1.54) is 0 Å². The van der Waals surface area contributed by atoms with Crippen LogP contribution in [0.15, 0.2) is 48.0 Å². The molecule has 0 saturated heterocycles. The smallest absolute Gasteiger partial charge is 0.569 e. The number of carbonyl (C=O) groups excluding carboxylic acids is 1. The highest BCUT2D eigenvalue weighted by Gasteiger charge is 2.55. The van der Waals surface area contributed by atoms with Crippen LogP contribution in [0.5, 0.6) is 11.5 Å². The van der Waals surface area contributed by atoms with Crippen molar-refractivity contribution >= 4 is 18.6 Å². The maximum absolute atomic E-state index is 14.2. The summed E-state index contributed by atoms with van der Waals surface area (Å²) in [5, 5.41) is 0. The minimum atomic E-state index is -4.44. The molecule has 134 valence electrons. The second-order valence-electron chi connectivity index (χ2n) is 6.16. The summed E-state index contributed by atoms with van der Waals surface area (Å²) in [7, 11) is -1.32. The van der Waals surface area contributed by atoms with Gasteiger partial charge in [0.15, 0.2) is 0 Å². The topological polar surface area (TPSA) is 39.0 Å². The fourth-order valence-corrected chi connectivity index (χ4v) is 3.37. The van der Waals surface area contributed by atoms with E-state index in [2.05, 4.69) is 0 Å². The molecule has 0 saturated carbocycles. The fourth-order valence-electron chi connectivity index (χ4n) is 3.37. The summed E-state index contributed by atoms with van der Waals surface area (Å²) in [4.78, 5) is 0. The van der Waals surface area contributed by atoms with E-state index in [9.17, 15) is 8.63 Å². The Bertz CT molecular complexity index is 920. The van der Waals surface area contributed by atoms with Crippen LogP contribution in [0.3, 0.4) is 0 Å². The number of halogens is 2. The first-order valence-corrected chi connectivity index (χ1v) is 8.31. The van der Waals surface area contributed by atoms with Gasteiger partial charge in [-0.25, -0.2) is 0 Å². The summed E-state index contributed by atoms with van der Waals surface area (Å²) in [5.41, 5.74) is 2.80. The molecule has 0 fully saturated rings. The first-order valence-electron chi connectivity index (χ1n) is 8.31. The lowest BCUT2D eigenvalue weighted by atomic mass is 9.85. The molecule has 0 radical (unpaired) electrons. The average Bonchev–Trinajstić information content (AvgIpc) is 2.66. The quantitative estimate of drug-likeness (QED) is 0.610. The van der Waals surface area contributed by atoms with Gasteiger partial charge in [-0.05, 0) is 60.9 Å². The van der Waals surface area contributed by atoms with E-state index in [0.29, 0.717) is 41.0 Å². The number of ketones is 1. The van der Waals surface area contributed by atoms with Crippen molar-refractivity contribution in [2.75, 3.05) is 14.2 Å². The second-order valence-corrected chi connectivity index (χ2v) is 6.16. The highest BCUT2D eigenvalue weighted by atomic mass is 19.3. The minimum Gasteiger partial charge on any atom is -0.569 e. The van der Waals surface area contributed by atoms with Crippen molar-refractivity contribution in [1.29, 1.82) is 0 Å². The monoisotopic (exact) mass is 358 g/mol. The van der Waals surface area contributed by atoms with Crippen LogP contribution in [0.1, 0.15) is 27.5 Å². The van der Waals surface area contributed by atoms with E-state index < -0.39 is 7.11 Å². The lowest BCUT2D eigenvalue weighted by molar-refractivity contribution is -0.184. The third-order valence-electron chi connectivity index (χ3n) is 4.61. The zero-order valence-corrected chi connectivity index (χ0v) is 14.4. The van der Waals surface area contributed by atoms with Crippen LogP contribution in [-0.2, 0) is 11.1 Å². The fraction of sp³-hybridized carbons (Fsp3) is 0.211. The lowest BCUT2D eigenvalue weighted by Gasteiger charge is -2.29. The minimum absolute atomic E-state index is 0.167. The van der Waals surface area contributed by atoms with Crippen LogP contribution in [0.4, 0.5) is 8.63 Å². The lowest BCUT2D eigenvalue weighted by Crippen LogP contribution is -2.34. The third kappa shape index (κ3) is 2.83. The van der Waals surface area contributed by atoms with Gasteiger partial charge in [0.1, 0.15) is 11.5 Å². The molecule has 0 spiro atoms. The predicted octanol–water partition coefficient (Wildman–Crippen LogP) is 4.18. The summed E-state index contributed by atoms with van der Waals surface area (Å²) in [6.07, 6.45) is 1.24. The molecule has 1 aliphatic carbocycles. The molecule has 0 atom stereocenters. The zero-order chi connectivity index (χ0) is 18.3. The number of benzene rings is 2. The number of allylic oxidation sites excluding steroid dienone is 1. The van der Waals surface area contributed by atoms with Gasteiger partial charge >= 0.3 is 7.11 Å². The Morgan fingerprint density at radius 3 is 2.35 bits per heavy atom. The molecule has 2 aliphatic rings. The molecular weight excluding hydrogens is 341 g/mol. The Balaban J connectivity index is 1.83. The van der Waals surface area contributed by atoms with Gasteiger partial charge in [-0.2, -0.15) is 0 Å². The predicted molar refractivity (Wildman–Crippen MR) is 94.6 cm³/mol. The van der Waals surface area contributed by atoms with Crippen LogP contribution in [0.2, 0.25) is 0 Å². The second kappa shape index (κ2) is 6.16. The van der Waals surface area contributed by atoms with Crippen LogP contribution in [-0.4, -0.2) is 27.1 Å². The SMILES string of the molecule is COc1ccc(C2=[O+][B-](F)(F)OC3=C2CCc2cc(OC)ccc23)cc1. The summed E-state index contributed by atoms with van der Waals surface area (Å²) in [6.45, 7) is 0. The van der Waals surface area contributed by atoms with Crippen molar-refractivity contribution < 1.29 is 27.1 Å². The molecule has 1 aliphatic heterocycles. The molecule has 0 unspecified atom stereocenters. The third-order valence-corrected chi connectivity index (χ3v) is 4.61. The molecule has 0 aromatic heterocycles. The first kappa shape index (κ1) is 16.6. The molecule has 7 heteroatoms. The number of ether oxygens (including phenoxy) is 2. The first-order chi connectivity index (χ1) is 12.5. The Labute approximate surface area is 149 Å². The normalized spacial score (nSPS) is 17.6. The van der Waals surface area contributed by atoms with Crippen molar-refractivity contribution in [2.24, 2.45) is 0 Å². The highest BCUT2D eigenvalue weighted by molar-refractivity contribution is 6.53. The molecule has 0 N–H and O–H groups in total. The van der Waals surface area contributed by atoms with E-state index >= 15 is 0 Å². The Morgan fingerprint density at radius 1 is 0.962 bits per heavy atom. The van der Waals surface area contributed by atoms with Gasteiger partial charge in [-0.15, -0.1) is 0 Å². The van der Waals surface area contributed by atoms with Gasteiger partial charge in [-0.3, -0.25) is 0 Å². The molecule has 4 nitrogen and oxygen atoms in total. The maximum Gasteiger partial charge on any atom is 0.995 e. The van der Waals surface area contributed by atoms with Gasteiger partial charge in [0.25, 0.3) is 5.78 Å². The largest absolute Gasteiger partial charge is 0.995 e. The number of hydrogen-bond acceptors (Lipinski definition) is 3. The van der Waals surface area contributed by atoms with Gasteiger partial charge in [-0.1, -0.05) is 0 Å². The van der Waals surface area contributed by atoms with E-state index in [4.69, 9.17) is 18.5 Å². The molecule has 2 aromatic carbocycles. The summed E-state index contributed by atoms with van der Waals surface area (Å²) in [5.74, 6) is 1.70. The van der Waals surface area contributed by atoms with Crippen LogP contribution < -0.4 is 9.47 Å². The molecule has 0 bridgehead atoms. The van der Waals surface area contributed by atoms with E-state index in [1.54, 1.807) is 50.6 Å². The van der Waals surface area contributed by atoms with E-state index in [0.717, 1.165) is 5.56 Å². The van der Waals surface area contributed by atoms with Crippen molar-refractivity contribution in [1.82, 2.24) is 0 Å². The van der Waals surface area contributed by atoms with Crippen molar-refractivity contribution in [3.05, 3.63) is 64.7 Å². The summed E-state index contributed by atoms with van der Waals surface area (Å²) >= 11 is 0. The Hall–Kier alpha value is -2.83. The zero-order valence-electron chi connectivity index (χ0n) is 14.4. The molecular formula is C19H17BF2O4. The number of fused-ring (bicyclic) bond motifs is 2. The Morgan fingerprint density at radius 2 is 1.65 bits per heavy atom. The Kier molecular flexibility index (Phi) is 3.94. The number of methoxy groups -OCH3 is 2. The van der Waals surface area contributed by atoms with E-state index in [1.807, 2.05) is 6.07 Å². The van der Waals surface area contributed by atoms with Crippen molar-refractivity contribution in [3.63, 3.8) is 0 Å². The molecule has 1 heterocycles. The molecule has 0 amide bonds. The van der Waals surface area contributed by atoms with Crippen molar-refractivity contribution in [2.45, 2.75) is 12.8 Å². The van der Waals surface area contributed by atoms with Gasteiger partial charge in [0.05, 0.1) is 31.1 Å². The summed E-state index contributed by atoms with van der Waals surface area (Å²) in [6, 6.07) is 12.2. The highest BCUT2D eigenvalue weighted by Crippen LogP contribution is 2.41. The number of rotatable bonds is 3. The van der Waals surface area contributed by atoms with Gasteiger partial charge in [0, 0.05) is 5.56 Å².